The fourth-order valence-electron chi connectivity index (χ4n) is 3.47. The van der Waals surface area contributed by atoms with E-state index in [0.717, 1.165) is 43.4 Å². The Labute approximate surface area is 146 Å². The number of rotatable bonds is 6. The maximum Gasteiger partial charge on any atom is 0.220 e. The summed E-state index contributed by atoms with van der Waals surface area (Å²) in [5.74, 6) is 0.372. The fourth-order valence-corrected chi connectivity index (χ4v) is 4.25. The van der Waals surface area contributed by atoms with Crippen molar-refractivity contribution >= 4 is 17.2 Å². The molecule has 2 aromatic rings. The lowest BCUT2D eigenvalue weighted by Gasteiger charge is -2.21. The van der Waals surface area contributed by atoms with Crippen molar-refractivity contribution in [2.75, 3.05) is 0 Å². The zero-order valence-corrected chi connectivity index (χ0v) is 14.7. The van der Waals surface area contributed by atoms with Crippen molar-refractivity contribution in [3.63, 3.8) is 0 Å². The largest absolute Gasteiger partial charge is 0.353 e. The second-order valence-electron chi connectivity index (χ2n) is 6.56. The summed E-state index contributed by atoms with van der Waals surface area (Å²) in [5, 5.41) is 3.21. The van der Waals surface area contributed by atoms with Gasteiger partial charge >= 0.3 is 0 Å². The number of carbonyl (C=O) groups is 1. The molecule has 1 N–H and O–H groups in total. The van der Waals surface area contributed by atoms with E-state index in [0.29, 0.717) is 12.3 Å². The normalized spacial score (nSPS) is 20.2. The summed E-state index contributed by atoms with van der Waals surface area (Å²) in [6, 6.07) is 6.95. The number of halogens is 1. The van der Waals surface area contributed by atoms with Gasteiger partial charge in [0.2, 0.25) is 5.91 Å². The predicted octanol–water partition coefficient (Wildman–Crippen LogP) is 4.05. The molecule has 3 rings (SSSR count). The molecular formula is C19H23FN2OS. The Morgan fingerprint density at radius 3 is 2.83 bits per heavy atom. The van der Waals surface area contributed by atoms with Crippen LogP contribution in [0.15, 0.2) is 29.8 Å². The third-order valence-corrected chi connectivity index (χ3v) is 5.84. The van der Waals surface area contributed by atoms with E-state index in [1.807, 2.05) is 24.6 Å². The first-order chi connectivity index (χ1) is 11.6. The van der Waals surface area contributed by atoms with Crippen LogP contribution in [0, 0.1) is 18.7 Å². The minimum Gasteiger partial charge on any atom is -0.353 e. The van der Waals surface area contributed by atoms with Crippen LogP contribution < -0.4 is 5.32 Å². The van der Waals surface area contributed by atoms with Crippen LogP contribution in [0.1, 0.15) is 41.8 Å². The third kappa shape index (κ3) is 4.41. The molecule has 128 valence electrons. The summed E-state index contributed by atoms with van der Waals surface area (Å²) in [7, 11) is 0. The van der Waals surface area contributed by atoms with Crippen LogP contribution in [0.3, 0.4) is 0 Å². The first kappa shape index (κ1) is 17.1. The van der Waals surface area contributed by atoms with Gasteiger partial charge in [-0.15, -0.1) is 11.3 Å². The van der Waals surface area contributed by atoms with Gasteiger partial charge in [0, 0.05) is 17.3 Å². The Hall–Kier alpha value is -1.75. The number of thiazole rings is 1. The maximum atomic E-state index is 13.0. The van der Waals surface area contributed by atoms with Gasteiger partial charge in [-0.2, -0.15) is 0 Å². The number of nitrogens with zero attached hydrogens (tertiary/aromatic N) is 1. The molecule has 1 heterocycles. The summed E-state index contributed by atoms with van der Waals surface area (Å²) >= 11 is 1.62. The van der Waals surface area contributed by atoms with Gasteiger partial charge in [-0.3, -0.25) is 4.79 Å². The molecule has 1 fully saturated rings. The molecule has 0 radical (unpaired) electrons. The second kappa shape index (κ2) is 7.88. The van der Waals surface area contributed by atoms with Crippen molar-refractivity contribution in [1.29, 1.82) is 0 Å². The number of aryl methyl sites for hydroxylation is 2. The number of benzene rings is 1. The maximum absolute atomic E-state index is 13.0. The highest BCUT2D eigenvalue weighted by Crippen LogP contribution is 2.29. The lowest BCUT2D eigenvalue weighted by molar-refractivity contribution is -0.122. The van der Waals surface area contributed by atoms with Crippen LogP contribution in [0.5, 0.6) is 0 Å². The topological polar surface area (TPSA) is 42.0 Å². The number of nitrogens with one attached hydrogen (secondary N) is 1. The molecule has 0 unspecified atom stereocenters. The average Bonchev–Trinajstić information content (AvgIpc) is 3.17. The van der Waals surface area contributed by atoms with Crippen LogP contribution in [0.4, 0.5) is 4.39 Å². The Kier molecular flexibility index (Phi) is 5.61. The molecule has 0 spiro atoms. The van der Waals surface area contributed by atoms with E-state index >= 15 is 0 Å². The Morgan fingerprint density at radius 2 is 2.12 bits per heavy atom. The first-order valence-electron chi connectivity index (χ1n) is 8.54. The van der Waals surface area contributed by atoms with Crippen molar-refractivity contribution in [2.24, 2.45) is 5.92 Å². The Bertz CT molecular complexity index is 683. The summed E-state index contributed by atoms with van der Waals surface area (Å²) in [5.41, 5.74) is 4.00. The minimum atomic E-state index is -0.201. The van der Waals surface area contributed by atoms with Crippen molar-refractivity contribution in [3.8, 4) is 0 Å². The minimum absolute atomic E-state index is 0.124. The van der Waals surface area contributed by atoms with Crippen LogP contribution in [0.2, 0.25) is 0 Å². The highest BCUT2D eigenvalue weighted by atomic mass is 32.1. The summed E-state index contributed by atoms with van der Waals surface area (Å²) < 4.78 is 13.0. The fraction of sp³-hybridized carbons (Fsp3) is 0.474. The molecule has 5 heteroatoms. The lowest BCUT2D eigenvalue weighted by Crippen LogP contribution is -2.38. The molecule has 0 aliphatic heterocycles. The monoisotopic (exact) mass is 346 g/mol. The van der Waals surface area contributed by atoms with Crippen molar-refractivity contribution in [3.05, 3.63) is 51.7 Å². The average molecular weight is 346 g/mol. The zero-order chi connectivity index (χ0) is 16.9. The number of aromatic nitrogens is 1. The smallest absolute Gasteiger partial charge is 0.220 e. The van der Waals surface area contributed by atoms with E-state index in [4.69, 9.17) is 0 Å². The number of carbonyl (C=O) groups excluding carboxylic acids is 1. The van der Waals surface area contributed by atoms with Crippen LogP contribution in [-0.4, -0.2) is 16.9 Å². The standard InChI is InChI=1S/C19H23FN2OS/c1-13-18(24-12-21-13)9-10-19(23)22-17-4-2-3-15(17)11-14-5-7-16(20)8-6-14/h5-8,12,15,17H,2-4,9-11H2,1H3,(H,22,23)/t15-,17-/m1/s1. The van der Waals surface area contributed by atoms with E-state index in [1.165, 1.54) is 17.0 Å². The van der Waals surface area contributed by atoms with Crippen molar-refractivity contribution in [1.82, 2.24) is 10.3 Å². The van der Waals surface area contributed by atoms with Gasteiger partial charge in [0.15, 0.2) is 0 Å². The molecule has 0 bridgehead atoms. The van der Waals surface area contributed by atoms with Crippen molar-refractivity contribution < 1.29 is 9.18 Å². The van der Waals surface area contributed by atoms with E-state index in [2.05, 4.69) is 10.3 Å². The summed E-state index contributed by atoms with van der Waals surface area (Å²) in [4.78, 5) is 17.7. The molecule has 0 saturated heterocycles. The molecular weight excluding hydrogens is 323 g/mol. The van der Waals surface area contributed by atoms with Crippen LogP contribution >= 0.6 is 11.3 Å². The van der Waals surface area contributed by atoms with E-state index < -0.39 is 0 Å². The molecule has 1 aromatic heterocycles. The zero-order valence-electron chi connectivity index (χ0n) is 13.9. The van der Waals surface area contributed by atoms with Crippen LogP contribution in [0.25, 0.3) is 0 Å². The summed E-state index contributed by atoms with van der Waals surface area (Å²) in [6.45, 7) is 1.99. The quantitative estimate of drug-likeness (QED) is 0.857. The van der Waals surface area contributed by atoms with E-state index in [9.17, 15) is 9.18 Å². The van der Waals surface area contributed by atoms with Gasteiger partial charge in [-0.05, 0) is 56.2 Å². The van der Waals surface area contributed by atoms with E-state index in [1.54, 1.807) is 11.3 Å². The molecule has 1 amide bonds. The molecule has 24 heavy (non-hydrogen) atoms. The molecule has 3 nitrogen and oxygen atoms in total. The van der Waals surface area contributed by atoms with Gasteiger partial charge in [0.1, 0.15) is 5.82 Å². The number of amides is 1. The lowest BCUT2D eigenvalue weighted by atomic mass is 9.94. The number of hydrogen-bond acceptors (Lipinski definition) is 3. The molecule has 1 aliphatic rings. The first-order valence-corrected chi connectivity index (χ1v) is 9.42. The highest BCUT2D eigenvalue weighted by Gasteiger charge is 2.28. The summed E-state index contributed by atoms with van der Waals surface area (Å²) in [6.07, 6.45) is 5.48. The SMILES string of the molecule is Cc1ncsc1CCC(=O)N[C@@H]1CCC[C@@H]1Cc1ccc(F)cc1. The molecule has 1 aromatic carbocycles. The predicted molar refractivity (Wildman–Crippen MR) is 94.5 cm³/mol. The van der Waals surface area contributed by atoms with Gasteiger partial charge in [0.25, 0.3) is 0 Å². The Morgan fingerprint density at radius 1 is 1.33 bits per heavy atom. The van der Waals surface area contributed by atoms with Crippen LogP contribution in [-0.2, 0) is 17.6 Å². The van der Waals surface area contributed by atoms with E-state index in [-0.39, 0.29) is 17.8 Å². The molecule has 1 aliphatic carbocycles. The third-order valence-electron chi connectivity index (χ3n) is 4.84. The van der Waals surface area contributed by atoms with Gasteiger partial charge in [0.05, 0.1) is 11.2 Å². The second-order valence-corrected chi connectivity index (χ2v) is 7.50. The highest BCUT2D eigenvalue weighted by molar-refractivity contribution is 7.09. The Balaban J connectivity index is 1.50. The van der Waals surface area contributed by atoms with Gasteiger partial charge in [-0.25, -0.2) is 9.37 Å². The number of hydrogen-bond donors (Lipinski definition) is 1. The van der Waals surface area contributed by atoms with Gasteiger partial charge < -0.3 is 5.32 Å². The van der Waals surface area contributed by atoms with Crippen molar-refractivity contribution in [2.45, 2.75) is 51.5 Å². The molecule has 2 atom stereocenters. The molecule has 1 saturated carbocycles. The van der Waals surface area contributed by atoms with Gasteiger partial charge in [-0.1, -0.05) is 18.6 Å².